The second kappa shape index (κ2) is 7.17. The van der Waals surface area contributed by atoms with Gasteiger partial charge in [0.25, 0.3) is 5.91 Å². The van der Waals surface area contributed by atoms with Gasteiger partial charge in [-0.05, 0) is 40.0 Å². The molecular formula is C15H17BrN4O. The topological polar surface area (TPSA) is 58.1 Å². The maximum absolute atomic E-state index is 12.3. The fourth-order valence-electron chi connectivity index (χ4n) is 1.92. The van der Waals surface area contributed by atoms with Crippen LogP contribution >= 0.6 is 15.9 Å². The van der Waals surface area contributed by atoms with E-state index < -0.39 is 0 Å². The number of nitrogens with zero attached hydrogens (tertiary/aromatic N) is 3. The summed E-state index contributed by atoms with van der Waals surface area (Å²) >= 11 is 3.35. The van der Waals surface area contributed by atoms with Gasteiger partial charge in [-0.3, -0.25) is 9.78 Å². The van der Waals surface area contributed by atoms with Gasteiger partial charge in [0.2, 0.25) is 0 Å². The van der Waals surface area contributed by atoms with Crippen LogP contribution in [0.2, 0.25) is 0 Å². The normalized spacial score (nSPS) is 10.2. The number of halogens is 1. The zero-order valence-electron chi connectivity index (χ0n) is 12.0. The van der Waals surface area contributed by atoms with E-state index in [0.29, 0.717) is 17.9 Å². The highest BCUT2D eigenvalue weighted by Gasteiger charge is 2.14. The molecule has 1 amide bonds. The molecule has 1 N–H and O–H groups in total. The molecule has 0 bridgehead atoms. The fraction of sp³-hybridized carbons (Fsp3) is 0.267. The molecule has 5 nitrogen and oxygen atoms in total. The van der Waals surface area contributed by atoms with E-state index in [1.807, 2.05) is 31.1 Å². The largest absolute Gasteiger partial charge is 0.362 e. The van der Waals surface area contributed by atoms with Crippen molar-refractivity contribution in [2.75, 3.05) is 25.5 Å². The third kappa shape index (κ3) is 4.26. The quantitative estimate of drug-likeness (QED) is 0.900. The summed E-state index contributed by atoms with van der Waals surface area (Å²) in [7, 11) is 3.73. The average Bonchev–Trinajstić information content (AvgIpc) is 2.47. The molecule has 110 valence electrons. The Morgan fingerprint density at radius 2 is 2.19 bits per heavy atom. The minimum absolute atomic E-state index is 0.128. The average molecular weight is 349 g/mol. The summed E-state index contributed by atoms with van der Waals surface area (Å²) in [5.74, 6) is 0.522. The van der Waals surface area contributed by atoms with Crippen molar-refractivity contribution in [3.63, 3.8) is 0 Å². The predicted molar refractivity (Wildman–Crippen MR) is 86.5 cm³/mol. The predicted octanol–water partition coefficient (Wildman–Crippen LogP) is 2.28. The second-order valence-electron chi connectivity index (χ2n) is 4.79. The van der Waals surface area contributed by atoms with Gasteiger partial charge < -0.3 is 10.2 Å². The number of pyridine rings is 2. The first kappa shape index (κ1) is 15.4. The van der Waals surface area contributed by atoms with E-state index in [0.717, 1.165) is 16.5 Å². The van der Waals surface area contributed by atoms with Crippen LogP contribution in [0.5, 0.6) is 0 Å². The zero-order valence-corrected chi connectivity index (χ0v) is 13.6. The Morgan fingerprint density at radius 3 is 2.86 bits per heavy atom. The molecule has 0 aliphatic carbocycles. The minimum Gasteiger partial charge on any atom is -0.362 e. The van der Waals surface area contributed by atoms with Gasteiger partial charge in [-0.1, -0.05) is 6.07 Å². The van der Waals surface area contributed by atoms with Crippen molar-refractivity contribution in [3.8, 4) is 0 Å². The molecule has 6 heteroatoms. The highest BCUT2D eigenvalue weighted by Crippen LogP contribution is 2.19. The summed E-state index contributed by atoms with van der Waals surface area (Å²) in [4.78, 5) is 22.4. The second-order valence-corrected chi connectivity index (χ2v) is 5.70. The van der Waals surface area contributed by atoms with Crippen LogP contribution in [-0.4, -0.2) is 36.5 Å². The van der Waals surface area contributed by atoms with Crippen LogP contribution in [0.1, 0.15) is 15.9 Å². The molecule has 21 heavy (non-hydrogen) atoms. The van der Waals surface area contributed by atoms with Gasteiger partial charge in [-0.2, -0.15) is 0 Å². The standard InChI is InChI=1S/C15H17BrN4O/c1-20(2)14-13(8-12(16)10-19-14)15(21)18-7-5-11-4-3-6-17-9-11/h3-4,6,8-10H,5,7H2,1-2H3,(H,18,21). The SMILES string of the molecule is CN(C)c1ncc(Br)cc1C(=O)NCCc1cccnc1. The van der Waals surface area contributed by atoms with Crippen LogP contribution in [0.4, 0.5) is 5.82 Å². The number of carbonyl (C=O) groups is 1. The Bertz CT molecular complexity index is 616. The summed E-state index contributed by atoms with van der Waals surface area (Å²) in [5, 5.41) is 2.92. The van der Waals surface area contributed by atoms with Crippen LogP contribution in [0.15, 0.2) is 41.3 Å². The van der Waals surface area contributed by atoms with E-state index in [-0.39, 0.29) is 5.91 Å². The highest BCUT2D eigenvalue weighted by molar-refractivity contribution is 9.10. The molecule has 2 heterocycles. The first-order valence-electron chi connectivity index (χ1n) is 6.58. The van der Waals surface area contributed by atoms with E-state index in [2.05, 4.69) is 31.2 Å². The summed E-state index contributed by atoms with van der Waals surface area (Å²) in [5.41, 5.74) is 1.65. The smallest absolute Gasteiger partial charge is 0.255 e. The lowest BCUT2D eigenvalue weighted by atomic mass is 10.2. The number of nitrogens with one attached hydrogen (secondary N) is 1. The molecule has 0 unspecified atom stereocenters. The van der Waals surface area contributed by atoms with Gasteiger partial charge in [0, 0.05) is 43.7 Å². The Labute approximate surface area is 132 Å². The van der Waals surface area contributed by atoms with Crippen LogP contribution in [-0.2, 0) is 6.42 Å². The lowest BCUT2D eigenvalue weighted by Crippen LogP contribution is -2.28. The maximum atomic E-state index is 12.3. The first-order chi connectivity index (χ1) is 10.1. The monoisotopic (exact) mass is 348 g/mol. The number of rotatable bonds is 5. The van der Waals surface area contributed by atoms with Gasteiger partial charge in [-0.25, -0.2) is 4.98 Å². The zero-order chi connectivity index (χ0) is 15.2. The molecule has 0 aliphatic heterocycles. The maximum Gasteiger partial charge on any atom is 0.255 e. The van der Waals surface area contributed by atoms with Gasteiger partial charge in [0.05, 0.1) is 5.56 Å². The van der Waals surface area contributed by atoms with E-state index in [9.17, 15) is 4.79 Å². The highest BCUT2D eigenvalue weighted by atomic mass is 79.9. The summed E-state index contributed by atoms with van der Waals surface area (Å²) < 4.78 is 0.783. The minimum atomic E-state index is -0.128. The van der Waals surface area contributed by atoms with Crippen LogP contribution in [0.25, 0.3) is 0 Å². The Kier molecular flexibility index (Phi) is 5.27. The van der Waals surface area contributed by atoms with Gasteiger partial charge >= 0.3 is 0 Å². The molecule has 0 aromatic carbocycles. The van der Waals surface area contributed by atoms with Gasteiger partial charge in [0.1, 0.15) is 5.82 Å². The van der Waals surface area contributed by atoms with Crippen LogP contribution in [0.3, 0.4) is 0 Å². The van der Waals surface area contributed by atoms with Gasteiger partial charge in [0.15, 0.2) is 0 Å². The lowest BCUT2D eigenvalue weighted by Gasteiger charge is -2.16. The molecular weight excluding hydrogens is 332 g/mol. The number of amides is 1. The lowest BCUT2D eigenvalue weighted by molar-refractivity contribution is 0.0954. The molecule has 0 saturated carbocycles. The number of hydrogen-bond acceptors (Lipinski definition) is 4. The molecule has 2 aromatic rings. The number of carbonyl (C=O) groups excluding carboxylic acids is 1. The van der Waals surface area contributed by atoms with Crippen molar-refractivity contribution in [3.05, 3.63) is 52.4 Å². The molecule has 0 radical (unpaired) electrons. The third-order valence-corrected chi connectivity index (χ3v) is 3.36. The molecule has 0 spiro atoms. The van der Waals surface area contributed by atoms with E-state index in [1.54, 1.807) is 24.7 Å². The summed E-state index contributed by atoms with van der Waals surface area (Å²) in [6, 6.07) is 5.66. The third-order valence-electron chi connectivity index (χ3n) is 2.92. The molecule has 2 aromatic heterocycles. The van der Waals surface area contributed by atoms with Crippen molar-refractivity contribution in [1.29, 1.82) is 0 Å². The van der Waals surface area contributed by atoms with E-state index in [1.165, 1.54) is 0 Å². The Morgan fingerprint density at radius 1 is 1.38 bits per heavy atom. The first-order valence-corrected chi connectivity index (χ1v) is 7.37. The Balaban J connectivity index is 2.02. The Hall–Kier alpha value is -1.95. The van der Waals surface area contributed by atoms with Crippen LogP contribution < -0.4 is 10.2 Å². The summed E-state index contributed by atoms with van der Waals surface area (Å²) in [6.07, 6.45) is 5.97. The molecule has 0 fully saturated rings. The molecule has 0 aliphatic rings. The van der Waals surface area contributed by atoms with Crippen molar-refractivity contribution in [2.24, 2.45) is 0 Å². The number of hydrogen-bond donors (Lipinski definition) is 1. The number of aromatic nitrogens is 2. The van der Waals surface area contributed by atoms with Crippen molar-refractivity contribution in [1.82, 2.24) is 15.3 Å². The summed E-state index contributed by atoms with van der Waals surface area (Å²) in [6.45, 7) is 0.559. The van der Waals surface area contributed by atoms with Crippen molar-refractivity contribution >= 4 is 27.7 Å². The van der Waals surface area contributed by atoms with Gasteiger partial charge in [-0.15, -0.1) is 0 Å². The van der Waals surface area contributed by atoms with Crippen molar-refractivity contribution in [2.45, 2.75) is 6.42 Å². The van der Waals surface area contributed by atoms with Crippen LogP contribution in [0, 0.1) is 0 Å². The molecule has 0 atom stereocenters. The number of anilines is 1. The van der Waals surface area contributed by atoms with Crippen molar-refractivity contribution < 1.29 is 4.79 Å². The molecule has 0 saturated heterocycles. The fourth-order valence-corrected chi connectivity index (χ4v) is 2.25. The molecule has 2 rings (SSSR count). The van der Waals surface area contributed by atoms with E-state index in [4.69, 9.17) is 0 Å². The van der Waals surface area contributed by atoms with E-state index >= 15 is 0 Å².